The highest BCUT2D eigenvalue weighted by molar-refractivity contribution is 6.10. The largest absolute Gasteiger partial charge is 0.455 e. The predicted molar refractivity (Wildman–Crippen MR) is 110 cm³/mol. The quantitative estimate of drug-likeness (QED) is 0.394. The Morgan fingerprint density at radius 2 is 1.88 bits per heavy atom. The van der Waals surface area contributed by atoms with Gasteiger partial charge in [-0.15, -0.1) is 0 Å². The zero-order valence-electron chi connectivity index (χ0n) is 23.0. The van der Waals surface area contributed by atoms with Crippen molar-refractivity contribution in [3.05, 3.63) is 65.4 Å². The van der Waals surface area contributed by atoms with Crippen molar-refractivity contribution in [2.24, 2.45) is 5.41 Å². The monoisotopic (exact) mass is 351 g/mol. The van der Waals surface area contributed by atoms with Crippen LogP contribution in [0.2, 0.25) is 0 Å². The molecule has 2 nitrogen and oxygen atoms in total. The van der Waals surface area contributed by atoms with E-state index < -0.39 is 25.5 Å². The minimum Gasteiger partial charge on any atom is -0.455 e. The highest BCUT2D eigenvalue weighted by Gasteiger charge is 2.17. The molecule has 0 spiro atoms. The van der Waals surface area contributed by atoms with Crippen LogP contribution in [-0.2, 0) is 6.37 Å². The summed E-state index contributed by atoms with van der Waals surface area (Å²) in [4.78, 5) is 4.36. The minimum atomic E-state index is -2.56. The number of hydrogen-bond acceptors (Lipinski definition) is 2. The first-order valence-electron chi connectivity index (χ1n) is 12.5. The molecule has 0 aliphatic carbocycles. The maximum Gasteiger partial charge on any atom is 0.145 e. The van der Waals surface area contributed by atoms with Gasteiger partial charge in [0.25, 0.3) is 0 Å². The topological polar surface area (TPSA) is 26.0 Å². The minimum absolute atomic E-state index is 0.0224. The second-order valence-electron chi connectivity index (χ2n) is 7.45. The molecule has 4 aromatic rings. The van der Waals surface area contributed by atoms with E-state index in [9.17, 15) is 0 Å². The number of nitrogens with zero attached hydrogens (tertiary/aromatic N) is 1. The summed E-state index contributed by atoms with van der Waals surface area (Å²) in [5.74, 6) is 0. The number of fused-ring (bicyclic) bond motifs is 3. The maximum absolute atomic E-state index is 8.76. The van der Waals surface area contributed by atoms with Crippen molar-refractivity contribution >= 4 is 21.9 Å². The number of benzene rings is 2. The molecule has 0 unspecified atom stereocenters. The van der Waals surface area contributed by atoms with E-state index in [1.165, 1.54) is 18.3 Å². The average Bonchev–Trinajstić information content (AvgIpc) is 3.10. The van der Waals surface area contributed by atoms with E-state index in [1.807, 2.05) is 0 Å². The molecule has 26 heavy (non-hydrogen) atoms. The molecule has 2 aromatic heterocycles. The number of aryl methyl sites for hydroxylation is 2. The molecule has 0 saturated heterocycles. The van der Waals surface area contributed by atoms with Crippen LogP contribution >= 0.6 is 0 Å². The van der Waals surface area contributed by atoms with Crippen molar-refractivity contribution in [3.63, 3.8) is 0 Å². The first kappa shape index (κ1) is 9.91. The van der Waals surface area contributed by atoms with Gasteiger partial charge in [-0.05, 0) is 60.4 Å². The third-order valence-corrected chi connectivity index (χ3v) is 4.22. The molecule has 0 aliphatic rings. The highest BCUT2D eigenvalue weighted by Crippen LogP contribution is 2.37. The molecular formula is C24H25NO. The fourth-order valence-corrected chi connectivity index (χ4v) is 3.14. The molecule has 0 radical (unpaired) electrons. The van der Waals surface area contributed by atoms with Crippen molar-refractivity contribution in [1.29, 1.82) is 0 Å². The van der Waals surface area contributed by atoms with Gasteiger partial charge < -0.3 is 4.42 Å². The van der Waals surface area contributed by atoms with E-state index >= 15 is 0 Å². The summed E-state index contributed by atoms with van der Waals surface area (Å²) in [6, 6.07) is 11.7. The Morgan fingerprint density at radius 1 is 1.08 bits per heavy atom. The molecule has 0 bridgehead atoms. The van der Waals surface area contributed by atoms with Crippen LogP contribution in [0.15, 0.2) is 53.1 Å². The summed E-state index contributed by atoms with van der Waals surface area (Å²) in [6.45, 7) is 0.188. The van der Waals surface area contributed by atoms with Crippen LogP contribution in [0, 0.1) is 19.1 Å². The first-order valence-corrected chi connectivity index (χ1v) is 8.49. The lowest BCUT2D eigenvalue weighted by Gasteiger charge is -2.20. The molecule has 0 fully saturated rings. The van der Waals surface area contributed by atoms with Gasteiger partial charge in [-0.3, -0.25) is 4.98 Å². The van der Waals surface area contributed by atoms with E-state index in [0.717, 1.165) is 0 Å². The van der Waals surface area contributed by atoms with Gasteiger partial charge in [0.2, 0.25) is 0 Å². The molecule has 0 saturated carbocycles. The molecule has 2 heteroatoms. The van der Waals surface area contributed by atoms with Crippen LogP contribution in [-0.4, -0.2) is 4.98 Å². The Morgan fingerprint density at radius 3 is 2.65 bits per heavy atom. The third-order valence-electron chi connectivity index (χ3n) is 4.22. The van der Waals surface area contributed by atoms with Crippen molar-refractivity contribution in [2.75, 3.05) is 0 Å². The average molecular weight is 352 g/mol. The predicted octanol–water partition coefficient (Wildman–Crippen LogP) is 6.85. The molecule has 0 atom stereocenters. The third kappa shape index (κ3) is 2.90. The molecule has 2 aromatic carbocycles. The van der Waals surface area contributed by atoms with Gasteiger partial charge in [0.15, 0.2) is 0 Å². The van der Waals surface area contributed by atoms with E-state index in [1.54, 1.807) is 51.1 Å². The van der Waals surface area contributed by atoms with Crippen LogP contribution in [0.5, 0.6) is 0 Å². The van der Waals surface area contributed by atoms with Gasteiger partial charge in [0.05, 0.1) is 5.69 Å². The van der Waals surface area contributed by atoms with Crippen LogP contribution < -0.4 is 0 Å². The van der Waals surface area contributed by atoms with Crippen molar-refractivity contribution in [1.82, 2.24) is 4.98 Å². The second-order valence-corrected chi connectivity index (χ2v) is 7.45. The molecule has 0 amide bonds. The number of pyridine rings is 1. The van der Waals surface area contributed by atoms with Crippen LogP contribution in [0.25, 0.3) is 33.2 Å². The lowest BCUT2D eigenvalue weighted by molar-refractivity contribution is 0.410. The normalized spacial score (nSPS) is 18.3. The van der Waals surface area contributed by atoms with E-state index in [-0.39, 0.29) is 16.7 Å². The van der Waals surface area contributed by atoms with Gasteiger partial charge in [0.1, 0.15) is 11.2 Å². The van der Waals surface area contributed by atoms with Crippen molar-refractivity contribution in [2.45, 2.75) is 40.8 Å². The molecule has 0 N–H and O–H groups in total. The summed E-state index contributed by atoms with van der Waals surface area (Å²) in [5, 5.41) is 1.09. The molecule has 4 rings (SSSR count). The summed E-state index contributed by atoms with van der Waals surface area (Å²) in [7, 11) is 0. The van der Waals surface area contributed by atoms with Crippen LogP contribution in [0.4, 0.5) is 0 Å². The lowest BCUT2D eigenvalue weighted by atomic mass is 9.86. The highest BCUT2D eigenvalue weighted by atomic mass is 16.3. The van der Waals surface area contributed by atoms with Gasteiger partial charge >= 0.3 is 0 Å². The number of hydrogen-bond donors (Lipinski definition) is 0. The molecule has 2 heterocycles. The standard InChI is InChI=1S/C24H25NO/c1-15-10-11-18(23-22(15)19-8-6-7-9-21(19)26-23)20-12-17(13-24(3,4)5)16(2)14-25-20/h6-12,14H,13H2,1-5H3/i1D3,2D3,13D2. The molecule has 0 aliphatic heterocycles. The van der Waals surface area contributed by atoms with E-state index in [2.05, 4.69) is 4.98 Å². The Labute approximate surface area is 166 Å². The lowest BCUT2D eigenvalue weighted by Crippen LogP contribution is -2.10. The smallest absolute Gasteiger partial charge is 0.145 e. The summed E-state index contributed by atoms with van der Waals surface area (Å²) in [6.07, 6.45) is -0.798. The van der Waals surface area contributed by atoms with Crippen molar-refractivity contribution in [3.8, 4) is 11.3 Å². The Kier molecular flexibility index (Phi) is 2.28. The summed E-state index contributed by atoms with van der Waals surface area (Å²) in [5.41, 5.74) is 0.697. The zero-order valence-corrected chi connectivity index (χ0v) is 15.0. The Hall–Kier alpha value is -2.61. The number of aromatic nitrogens is 1. The maximum atomic E-state index is 8.76. The van der Waals surface area contributed by atoms with E-state index in [4.69, 9.17) is 15.4 Å². The zero-order chi connectivity index (χ0) is 25.3. The van der Waals surface area contributed by atoms with Crippen molar-refractivity contribution < 1.29 is 15.4 Å². The molecular weight excluding hydrogens is 318 g/mol. The summed E-state index contributed by atoms with van der Waals surface area (Å²) >= 11 is 0. The van der Waals surface area contributed by atoms with Crippen LogP contribution in [0.3, 0.4) is 0 Å². The van der Waals surface area contributed by atoms with Gasteiger partial charge in [-0.1, -0.05) is 45.0 Å². The second kappa shape index (κ2) is 5.98. The summed E-state index contributed by atoms with van der Waals surface area (Å²) < 4.78 is 71.3. The van der Waals surface area contributed by atoms with Gasteiger partial charge in [-0.2, -0.15) is 0 Å². The first-order chi connectivity index (χ1) is 15.5. The Bertz CT molecular complexity index is 1390. The van der Waals surface area contributed by atoms with Gasteiger partial charge in [0, 0.05) is 33.5 Å². The van der Waals surface area contributed by atoms with E-state index in [0.29, 0.717) is 33.2 Å². The number of para-hydroxylation sites is 1. The fraction of sp³-hybridized carbons (Fsp3) is 0.292. The van der Waals surface area contributed by atoms with Gasteiger partial charge in [-0.25, -0.2) is 0 Å². The SMILES string of the molecule is [2H]C([2H])([2H])c1cnc(-c2ccc(C([2H])([2H])[2H])c3c2oc2ccccc23)cc1C([2H])([2H])C(C)(C)C. The molecule has 132 valence electrons. The number of rotatable bonds is 2. The fourth-order valence-electron chi connectivity index (χ4n) is 3.14. The Balaban J connectivity index is 2.07. The van der Waals surface area contributed by atoms with Crippen LogP contribution in [0.1, 0.15) is 48.4 Å². The number of furan rings is 1.